The van der Waals surface area contributed by atoms with Crippen molar-refractivity contribution in [2.45, 2.75) is 6.92 Å². The molecular weight excluding hydrogens is 216 g/mol. The predicted molar refractivity (Wildman–Crippen MR) is 56.3 cm³/mol. The lowest BCUT2D eigenvalue weighted by Gasteiger charge is -2.08. The zero-order chi connectivity index (χ0) is 12.3. The topological polar surface area (TPSA) is 113 Å². The number of amides is 2. The molecule has 0 fully saturated rings. The largest absolute Gasteiger partial charge is 0.329 e. The minimum atomic E-state index is -0.709. The lowest BCUT2D eigenvalue weighted by atomic mass is 10.4. The first-order valence-electron chi connectivity index (χ1n) is 4.28. The maximum atomic E-state index is 11.6. The van der Waals surface area contributed by atoms with Crippen molar-refractivity contribution in [1.82, 2.24) is 9.55 Å². The molecule has 1 heterocycles. The normalized spacial score (nSPS) is 9.62. The van der Waals surface area contributed by atoms with Crippen molar-refractivity contribution >= 4 is 23.8 Å². The Morgan fingerprint density at radius 3 is 2.56 bits per heavy atom. The van der Waals surface area contributed by atoms with E-state index in [1.54, 1.807) is 0 Å². The highest BCUT2D eigenvalue weighted by atomic mass is 16.2. The Labute approximate surface area is 89.3 Å². The highest BCUT2D eigenvalue weighted by Crippen LogP contribution is 2.09. The van der Waals surface area contributed by atoms with Crippen LogP contribution in [0.15, 0.2) is 9.59 Å². The van der Waals surface area contributed by atoms with Crippen molar-refractivity contribution in [1.29, 1.82) is 0 Å². The Kier molecular flexibility index (Phi) is 3.24. The molecule has 3 N–H and O–H groups in total. The second-order valence-corrected chi connectivity index (χ2v) is 2.99. The molecule has 1 aromatic heterocycles. The molecule has 0 aliphatic rings. The highest BCUT2D eigenvalue weighted by molar-refractivity contribution is 5.92. The van der Waals surface area contributed by atoms with Gasteiger partial charge in [0.1, 0.15) is 11.5 Å². The van der Waals surface area contributed by atoms with Gasteiger partial charge in [0.05, 0.1) is 0 Å². The Morgan fingerprint density at radius 1 is 1.44 bits per heavy atom. The first-order chi connectivity index (χ1) is 7.47. The van der Waals surface area contributed by atoms with Crippen LogP contribution in [-0.4, -0.2) is 21.9 Å². The highest BCUT2D eigenvalue weighted by Gasteiger charge is 2.12. The van der Waals surface area contributed by atoms with E-state index < -0.39 is 17.2 Å². The molecule has 8 heteroatoms. The molecule has 0 saturated heterocycles. The van der Waals surface area contributed by atoms with E-state index in [0.717, 1.165) is 4.57 Å². The fraction of sp³-hybridized carbons (Fsp3) is 0.250. The lowest BCUT2D eigenvalue weighted by molar-refractivity contribution is -0.114. The standard InChI is InChI=1S/C8H10N4O4/c1-4(14)10-6-5(9-3-13)7(15)12(2)8(16)11-6/h3H,1-2H3,(H,9,13)(H,10,14)(H,11,16). The zero-order valence-corrected chi connectivity index (χ0v) is 8.66. The zero-order valence-electron chi connectivity index (χ0n) is 8.66. The molecule has 0 radical (unpaired) electrons. The number of anilines is 2. The number of rotatable bonds is 3. The molecule has 8 nitrogen and oxygen atoms in total. The van der Waals surface area contributed by atoms with Crippen molar-refractivity contribution in [2.75, 3.05) is 10.6 Å². The summed E-state index contributed by atoms with van der Waals surface area (Å²) < 4.78 is 0.775. The van der Waals surface area contributed by atoms with E-state index in [1.807, 2.05) is 0 Å². The Morgan fingerprint density at radius 2 is 2.06 bits per heavy atom. The second-order valence-electron chi connectivity index (χ2n) is 2.99. The van der Waals surface area contributed by atoms with E-state index >= 15 is 0 Å². The third kappa shape index (κ3) is 2.16. The molecule has 0 atom stereocenters. The van der Waals surface area contributed by atoms with E-state index in [1.165, 1.54) is 14.0 Å². The average molecular weight is 226 g/mol. The summed E-state index contributed by atoms with van der Waals surface area (Å²) in [5.74, 6) is -0.606. The molecule has 0 aliphatic carbocycles. The van der Waals surface area contributed by atoms with Crippen LogP contribution >= 0.6 is 0 Å². The monoisotopic (exact) mass is 226 g/mol. The van der Waals surface area contributed by atoms with Gasteiger partial charge in [0, 0.05) is 14.0 Å². The van der Waals surface area contributed by atoms with E-state index in [-0.39, 0.29) is 17.9 Å². The number of nitrogens with zero attached hydrogens (tertiary/aromatic N) is 1. The second kappa shape index (κ2) is 4.43. The first kappa shape index (κ1) is 11.7. The molecule has 0 aliphatic heterocycles. The average Bonchev–Trinajstić information content (AvgIpc) is 2.20. The van der Waals surface area contributed by atoms with Crippen LogP contribution in [-0.2, 0) is 16.6 Å². The summed E-state index contributed by atoms with van der Waals surface area (Å²) in [6.07, 6.45) is 0.278. The van der Waals surface area contributed by atoms with Crippen LogP contribution in [0.25, 0.3) is 0 Å². The van der Waals surface area contributed by atoms with Gasteiger partial charge in [0.25, 0.3) is 5.56 Å². The Balaban J connectivity index is 3.46. The molecule has 0 unspecified atom stereocenters. The summed E-state index contributed by atoms with van der Waals surface area (Å²) in [7, 11) is 1.24. The van der Waals surface area contributed by atoms with Crippen LogP contribution in [0.1, 0.15) is 6.92 Å². The quantitative estimate of drug-likeness (QED) is 0.550. The van der Waals surface area contributed by atoms with E-state index in [4.69, 9.17) is 0 Å². The van der Waals surface area contributed by atoms with Crippen molar-refractivity contribution in [3.05, 3.63) is 20.8 Å². The van der Waals surface area contributed by atoms with Crippen molar-refractivity contribution in [2.24, 2.45) is 7.05 Å². The fourth-order valence-electron chi connectivity index (χ4n) is 1.08. The maximum Gasteiger partial charge on any atom is 0.329 e. The van der Waals surface area contributed by atoms with Crippen molar-refractivity contribution in [3.8, 4) is 0 Å². The Hall–Kier alpha value is -2.38. The molecule has 0 saturated carbocycles. The molecule has 0 spiro atoms. The van der Waals surface area contributed by atoms with Gasteiger partial charge in [-0.2, -0.15) is 0 Å². The summed E-state index contributed by atoms with van der Waals surface area (Å²) in [6, 6.07) is 0. The van der Waals surface area contributed by atoms with Crippen molar-refractivity contribution in [3.63, 3.8) is 0 Å². The number of hydrogen-bond acceptors (Lipinski definition) is 4. The lowest BCUT2D eigenvalue weighted by Crippen LogP contribution is -2.35. The third-order valence-electron chi connectivity index (χ3n) is 1.81. The summed E-state index contributed by atoms with van der Waals surface area (Å²) in [6.45, 7) is 1.21. The molecule has 16 heavy (non-hydrogen) atoms. The third-order valence-corrected chi connectivity index (χ3v) is 1.81. The maximum absolute atomic E-state index is 11.6. The summed E-state index contributed by atoms with van der Waals surface area (Å²) in [5, 5.41) is 4.36. The molecule has 2 amide bonds. The minimum absolute atomic E-state index is 0.132. The smallest absolute Gasteiger partial charge is 0.321 e. The van der Waals surface area contributed by atoms with Gasteiger partial charge in [-0.3, -0.25) is 23.9 Å². The van der Waals surface area contributed by atoms with E-state index in [2.05, 4.69) is 15.6 Å². The molecule has 0 bridgehead atoms. The van der Waals surface area contributed by atoms with Crippen molar-refractivity contribution < 1.29 is 9.59 Å². The van der Waals surface area contributed by atoms with Gasteiger partial charge in [-0.1, -0.05) is 0 Å². The number of carbonyl (C=O) groups is 2. The van der Waals surface area contributed by atoms with Gasteiger partial charge in [0.15, 0.2) is 0 Å². The number of H-pyrrole nitrogens is 1. The summed E-state index contributed by atoms with van der Waals surface area (Å²) >= 11 is 0. The fourth-order valence-corrected chi connectivity index (χ4v) is 1.08. The number of nitrogens with one attached hydrogen (secondary N) is 3. The predicted octanol–water partition coefficient (Wildman–Crippen LogP) is -1.40. The van der Waals surface area contributed by atoms with Crippen LogP contribution < -0.4 is 21.9 Å². The van der Waals surface area contributed by atoms with Crippen LogP contribution in [0, 0.1) is 0 Å². The molecule has 0 aromatic carbocycles. The van der Waals surface area contributed by atoms with Crippen LogP contribution in [0.5, 0.6) is 0 Å². The number of hydrogen-bond donors (Lipinski definition) is 3. The summed E-state index contributed by atoms with van der Waals surface area (Å²) in [4.78, 5) is 46.2. The first-order valence-corrected chi connectivity index (χ1v) is 4.28. The summed E-state index contributed by atoms with van der Waals surface area (Å²) in [5.41, 5.74) is -1.59. The molecular formula is C8H10N4O4. The molecule has 1 rings (SSSR count). The number of aromatic nitrogens is 2. The van der Waals surface area contributed by atoms with Gasteiger partial charge in [0.2, 0.25) is 12.3 Å². The van der Waals surface area contributed by atoms with Gasteiger partial charge in [-0.05, 0) is 0 Å². The molecule has 86 valence electrons. The van der Waals surface area contributed by atoms with E-state index in [0.29, 0.717) is 0 Å². The van der Waals surface area contributed by atoms with Gasteiger partial charge < -0.3 is 10.6 Å². The minimum Gasteiger partial charge on any atom is -0.321 e. The van der Waals surface area contributed by atoms with E-state index in [9.17, 15) is 19.2 Å². The van der Waals surface area contributed by atoms with Gasteiger partial charge in [-0.15, -0.1) is 0 Å². The molecule has 1 aromatic rings. The van der Waals surface area contributed by atoms with Crippen LogP contribution in [0.2, 0.25) is 0 Å². The van der Waals surface area contributed by atoms with Crippen LogP contribution in [0.4, 0.5) is 11.5 Å². The number of aromatic amines is 1. The van der Waals surface area contributed by atoms with Crippen LogP contribution in [0.3, 0.4) is 0 Å². The van der Waals surface area contributed by atoms with Gasteiger partial charge >= 0.3 is 5.69 Å². The van der Waals surface area contributed by atoms with Gasteiger partial charge in [-0.25, -0.2) is 4.79 Å². The Bertz CT molecular complexity index is 542. The SMILES string of the molecule is CC(=O)Nc1[nH]c(=O)n(C)c(=O)c1NC=O. The number of carbonyl (C=O) groups excluding carboxylic acids is 2.